The van der Waals surface area contributed by atoms with E-state index in [0.717, 1.165) is 6.26 Å². The molecule has 0 amide bonds. The van der Waals surface area contributed by atoms with Crippen molar-refractivity contribution in [2.24, 2.45) is 0 Å². The van der Waals surface area contributed by atoms with Gasteiger partial charge >= 0.3 is 5.04 Å². The highest BCUT2D eigenvalue weighted by Crippen LogP contribution is 1.89. The van der Waals surface area contributed by atoms with Crippen LogP contribution >= 0.6 is 0 Å². The molecule has 0 spiro atoms. The molecular formula is C4H8N2O2S. The maximum atomic E-state index is 10.5. The van der Waals surface area contributed by atoms with Crippen molar-refractivity contribution in [1.82, 2.24) is 0 Å². The molecule has 0 aromatic carbocycles. The summed E-state index contributed by atoms with van der Waals surface area (Å²) in [6.45, 7) is 1.61. The summed E-state index contributed by atoms with van der Waals surface area (Å²) < 4.78 is 21.0. The minimum absolute atomic E-state index is 0.178. The molecule has 0 atom stereocenters. The molecule has 0 unspecified atom stereocenters. The van der Waals surface area contributed by atoms with Crippen molar-refractivity contribution in [1.29, 1.82) is 0 Å². The molecule has 0 aliphatic carbocycles. The summed E-state index contributed by atoms with van der Waals surface area (Å²) in [4.78, 5) is 2.61. The smallest absolute Gasteiger partial charge is 0.360 e. The molecule has 0 rings (SSSR count). The number of hydrogen-bond acceptors (Lipinski definition) is 2. The van der Waals surface area contributed by atoms with Gasteiger partial charge < -0.3 is 5.53 Å². The molecule has 0 aromatic rings. The van der Waals surface area contributed by atoms with Crippen LogP contribution < -0.4 is 0 Å². The van der Waals surface area contributed by atoms with Crippen molar-refractivity contribution in [2.75, 3.05) is 6.26 Å². The highest BCUT2D eigenvalue weighted by atomic mass is 32.2. The molecule has 0 heterocycles. The highest BCUT2D eigenvalue weighted by molar-refractivity contribution is 8.05. The van der Waals surface area contributed by atoms with Gasteiger partial charge in [0.05, 0.1) is 12.7 Å². The van der Waals surface area contributed by atoms with Crippen LogP contribution in [0.1, 0.15) is 13.3 Å². The Balaban J connectivity index is 4.78. The van der Waals surface area contributed by atoms with Gasteiger partial charge in [0.1, 0.15) is 0 Å². The third-order valence-electron chi connectivity index (χ3n) is 0.842. The van der Waals surface area contributed by atoms with Crippen molar-refractivity contribution in [3.05, 3.63) is 5.53 Å². The van der Waals surface area contributed by atoms with E-state index < -0.39 is 9.84 Å². The molecule has 0 saturated carbocycles. The Bertz CT molecular complexity index is 235. The van der Waals surface area contributed by atoms with Gasteiger partial charge in [0, 0.05) is 0 Å². The topological polar surface area (TPSA) is 70.5 Å². The normalized spacial score (nSPS) is 10.4. The average molecular weight is 148 g/mol. The fraction of sp³-hybridized carbons (Fsp3) is 0.750. The van der Waals surface area contributed by atoms with E-state index in [4.69, 9.17) is 5.53 Å². The summed E-state index contributed by atoms with van der Waals surface area (Å²) in [5, 5.41) is -0.178. The first-order chi connectivity index (χ1) is 4.02. The summed E-state index contributed by atoms with van der Waals surface area (Å²) in [7, 11) is -3.27. The lowest BCUT2D eigenvalue weighted by molar-refractivity contribution is -0.00288. The molecule has 0 saturated heterocycles. The highest BCUT2D eigenvalue weighted by Gasteiger charge is 2.18. The lowest BCUT2D eigenvalue weighted by Gasteiger charge is -1.83. The zero-order valence-electron chi connectivity index (χ0n) is 5.33. The van der Waals surface area contributed by atoms with Crippen molar-refractivity contribution in [3.8, 4) is 0 Å². The van der Waals surface area contributed by atoms with E-state index in [2.05, 4.69) is 4.79 Å². The molecule has 0 radical (unpaired) electrons. The third-order valence-corrected chi connectivity index (χ3v) is 2.07. The lowest BCUT2D eigenvalue weighted by Crippen LogP contribution is -2.12. The van der Waals surface area contributed by atoms with Crippen LogP contribution in [0.15, 0.2) is 0 Å². The lowest BCUT2D eigenvalue weighted by atomic mass is 10.5. The van der Waals surface area contributed by atoms with Gasteiger partial charge in [0.15, 0.2) is 0 Å². The second-order valence-electron chi connectivity index (χ2n) is 1.62. The molecule has 0 aromatic heterocycles. The summed E-state index contributed by atoms with van der Waals surface area (Å²) in [6.07, 6.45) is 1.24. The van der Waals surface area contributed by atoms with Crippen molar-refractivity contribution in [2.45, 2.75) is 13.3 Å². The Labute approximate surface area is 54.0 Å². The van der Waals surface area contributed by atoms with Gasteiger partial charge in [-0.15, -0.1) is 0 Å². The minimum Gasteiger partial charge on any atom is -0.360 e. The molecular weight excluding hydrogens is 140 g/mol. The summed E-state index contributed by atoms with van der Waals surface area (Å²) in [6, 6.07) is 0. The fourth-order valence-electron chi connectivity index (χ4n) is 0.407. The van der Waals surface area contributed by atoms with Gasteiger partial charge in [-0.2, -0.15) is 4.79 Å². The van der Waals surface area contributed by atoms with Crippen LogP contribution in [0.5, 0.6) is 0 Å². The second kappa shape index (κ2) is 2.75. The van der Waals surface area contributed by atoms with Crippen molar-refractivity contribution < 1.29 is 13.2 Å². The monoisotopic (exact) mass is 148 g/mol. The molecule has 5 heteroatoms. The van der Waals surface area contributed by atoms with E-state index in [-0.39, 0.29) is 11.5 Å². The second-order valence-corrected chi connectivity index (χ2v) is 3.64. The molecule has 0 aliphatic rings. The maximum absolute atomic E-state index is 10.5. The third kappa shape index (κ3) is 2.39. The van der Waals surface area contributed by atoms with E-state index in [1.807, 2.05) is 0 Å². The average Bonchev–Trinajstić information content (AvgIpc) is 1.65. The largest absolute Gasteiger partial charge is 0.380 e. The maximum Gasteiger partial charge on any atom is 0.380 e. The Morgan fingerprint density at radius 1 is 1.67 bits per heavy atom. The van der Waals surface area contributed by atoms with Gasteiger partial charge in [-0.1, -0.05) is 6.92 Å². The van der Waals surface area contributed by atoms with Crippen LogP contribution in [0.3, 0.4) is 0 Å². The molecule has 0 N–H and O–H groups in total. The predicted octanol–water partition coefficient (Wildman–Crippen LogP) is 0.0693. The standard InChI is InChI=1S/C4H8N2O2S/c1-3-4(6-5)9(2,7)8/h3H2,1-2H3. The van der Waals surface area contributed by atoms with Crippen molar-refractivity contribution in [3.63, 3.8) is 0 Å². The Kier molecular flexibility index (Phi) is 2.55. The van der Waals surface area contributed by atoms with Crippen LogP contribution in [0, 0.1) is 0 Å². The molecule has 0 fully saturated rings. The first-order valence-electron chi connectivity index (χ1n) is 2.43. The molecule has 0 bridgehead atoms. The summed E-state index contributed by atoms with van der Waals surface area (Å²) in [5.74, 6) is 0. The first kappa shape index (κ1) is 8.33. The number of nitrogens with zero attached hydrogens (tertiary/aromatic N) is 2. The van der Waals surface area contributed by atoms with Crippen LogP contribution in [0.4, 0.5) is 0 Å². The quantitative estimate of drug-likeness (QED) is 0.228. The summed E-state index contributed by atoms with van der Waals surface area (Å²) >= 11 is 0. The van der Waals surface area contributed by atoms with E-state index >= 15 is 0 Å². The molecule has 52 valence electrons. The van der Waals surface area contributed by atoms with Gasteiger partial charge in [0.25, 0.3) is 0 Å². The fourth-order valence-corrected chi connectivity index (χ4v) is 1.08. The van der Waals surface area contributed by atoms with E-state index in [1.54, 1.807) is 6.92 Å². The molecule has 0 aliphatic heterocycles. The molecule has 9 heavy (non-hydrogen) atoms. The van der Waals surface area contributed by atoms with E-state index in [1.165, 1.54) is 0 Å². The number of rotatable bonds is 1. The van der Waals surface area contributed by atoms with Crippen LogP contribution in [-0.2, 0) is 9.84 Å². The Morgan fingerprint density at radius 3 is 2.11 bits per heavy atom. The first-order valence-corrected chi connectivity index (χ1v) is 4.32. The van der Waals surface area contributed by atoms with Gasteiger partial charge in [-0.05, 0) is 0 Å². The molecule has 4 nitrogen and oxygen atoms in total. The van der Waals surface area contributed by atoms with Crippen molar-refractivity contribution >= 4 is 14.9 Å². The van der Waals surface area contributed by atoms with Crippen LogP contribution in [-0.4, -0.2) is 24.5 Å². The van der Waals surface area contributed by atoms with Gasteiger partial charge in [-0.25, -0.2) is 8.42 Å². The minimum atomic E-state index is -3.27. The van der Waals surface area contributed by atoms with Crippen LogP contribution in [0.2, 0.25) is 0 Å². The van der Waals surface area contributed by atoms with E-state index in [0.29, 0.717) is 0 Å². The number of hydrogen-bond donors (Lipinski definition) is 0. The van der Waals surface area contributed by atoms with Crippen LogP contribution in [0.25, 0.3) is 5.53 Å². The SMILES string of the molecule is CCC(=[N+]=[N-])S(C)(=O)=O. The zero-order valence-corrected chi connectivity index (χ0v) is 6.14. The predicted molar refractivity (Wildman–Crippen MR) is 33.8 cm³/mol. The Hall–Kier alpha value is -0.670. The Morgan fingerprint density at radius 2 is 2.11 bits per heavy atom. The summed E-state index contributed by atoms with van der Waals surface area (Å²) in [5.41, 5.74) is 8.07. The zero-order chi connectivity index (χ0) is 7.49. The van der Waals surface area contributed by atoms with E-state index in [9.17, 15) is 8.42 Å². The van der Waals surface area contributed by atoms with Gasteiger partial charge in [-0.3, -0.25) is 0 Å². The number of sulfone groups is 1. The van der Waals surface area contributed by atoms with Gasteiger partial charge in [0.2, 0.25) is 9.84 Å².